The number of rotatable bonds is 2. The number of halogens is 3. The molecule has 5 heteroatoms. The smallest absolute Gasteiger partial charge is 0.382 e. The van der Waals surface area contributed by atoms with Crippen LogP contribution in [0.1, 0.15) is 13.8 Å². The first-order valence-electron chi connectivity index (χ1n) is 3.15. The maximum atomic E-state index is 11.8. The molecule has 0 saturated carbocycles. The van der Waals surface area contributed by atoms with Crippen molar-refractivity contribution in [3.63, 3.8) is 0 Å². The molecule has 0 aromatic heterocycles. The van der Waals surface area contributed by atoms with Gasteiger partial charge in [0.2, 0.25) is 0 Å². The minimum atomic E-state index is -4.56. The summed E-state index contributed by atoms with van der Waals surface area (Å²) in [7, 11) is 1.37. The SMILES string of the molecule is CNC(C)(C)C(O)C(F)(F)F. The molecule has 0 fully saturated rings. The molecule has 2 N–H and O–H groups in total. The highest BCUT2D eigenvalue weighted by molar-refractivity contribution is 4.88. The second kappa shape index (κ2) is 2.98. The molecule has 0 aliphatic heterocycles. The molecule has 0 aliphatic carbocycles. The lowest BCUT2D eigenvalue weighted by molar-refractivity contribution is -0.222. The zero-order chi connectivity index (χ0) is 9.28. The number of alkyl halides is 3. The van der Waals surface area contributed by atoms with Crippen LogP contribution in [0.3, 0.4) is 0 Å². The third-order valence-corrected chi connectivity index (χ3v) is 1.64. The largest absolute Gasteiger partial charge is 0.416 e. The van der Waals surface area contributed by atoms with E-state index in [1.165, 1.54) is 20.9 Å². The molecule has 0 spiro atoms. The maximum absolute atomic E-state index is 11.8. The fourth-order valence-corrected chi connectivity index (χ4v) is 0.546. The Kier molecular flexibility index (Phi) is 2.91. The minimum Gasteiger partial charge on any atom is -0.382 e. The predicted octanol–water partition coefficient (Wildman–Crippen LogP) is 0.908. The van der Waals surface area contributed by atoms with Crippen LogP contribution in [0.25, 0.3) is 0 Å². The van der Waals surface area contributed by atoms with E-state index in [2.05, 4.69) is 5.32 Å². The van der Waals surface area contributed by atoms with Crippen molar-refractivity contribution in [2.75, 3.05) is 7.05 Å². The van der Waals surface area contributed by atoms with Crippen LogP contribution in [0, 0.1) is 0 Å². The Morgan fingerprint density at radius 1 is 1.27 bits per heavy atom. The van der Waals surface area contributed by atoms with Crippen molar-refractivity contribution in [2.45, 2.75) is 31.7 Å². The van der Waals surface area contributed by atoms with Crippen LogP contribution in [-0.2, 0) is 0 Å². The average molecular weight is 171 g/mol. The molecule has 0 heterocycles. The van der Waals surface area contributed by atoms with Crippen LogP contribution >= 0.6 is 0 Å². The molecular formula is C6H12F3NO. The standard InChI is InChI=1S/C6H12F3NO/c1-5(2,10-3)4(11)6(7,8)9/h4,10-11H,1-3H3. The van der Waals surface area contributed by atoms with Crippen LogP contribution in [0.4, 0.5) is 13.2 Å². The average Bonchev–Trinajstić information content (AvgIpc) is 1.84. The monoisotopic (exact) mass is 171 g/mol. The summed E-state index contributed by atoms with van der Waals surface area (Å²) >= 11 is 0. The van der Waals surface area contributed by atoms with Crippen molar-refractivity contribution >= 4 is 0 Å². The Hall–Kier alpha value is -0.290. The van der Waals surface area contributed by atoms with E-state index in [1.54, 1.807) is 0 Å². The van der Waals surface area contributed by atoms with E-state index in [-0.39, 0.29) is 0 Å². The van der Waals surface area contributed by atoms with Crippen LogP contribution in [-0.4, -0.2) is 30.0 Å². The summed E-state index contributed by atoms with van der Waals surface area (Å²) in [4.78, 5) is 0. The van der Waals surface area contributed by atoms with Gasteiger partial charge in [-0.25, -0.2) is 0 Å². The van der Waals surface area contributed by atoms with Crippen molar-refractivity contribution in [3.8, 4) is 0 Å². The van der Waals surface area contributed by atoms with Gasteiger partial charge >= 0.3 is 6.18 Å². The molecule has 0 saturated heterocycles. The van der Waals surface area contributed by atoms with Crippen molar-refractivity contribution in [3.05, 3.63) is 0 Å². The summed E-state index contributed by atoms with van der Waals surface area (Å²) < 4.78 is 35.5. The molecule has 0 aliphatic rings. The maximum Gasteiger partial charge on any atom is 0.416 e. The van der Waals surface area contributed by atoms with Gasteiger partial charge in [-0.3, -0.25) is 0 Å². The van der Waals surface area contributed by atoms with E-state index < -0.39 is 17.8 Å². The number of nitrogens with one attached hydrogen (secondary N) is 1. The van der Waals surface area contributed by atoms with Crippen molar-refractivity contribution < 1.29 is 18.3 Å². The van der Waals surface area contributed by atoms with Crippen LogP contribution < -0.4 is 5.32 Å². The highest BCUT2D eigenvalue weighted by Gasteiger charge is 2.47. The third kappa shape index (κ3) is 2.67. The summed E-state index contributed by atoms with van der Waals surface area (Å²) in [5.74, 6) is 0. The molecular weight excluding hydrogens is 159 g/mol. The lowest BCUT2D eigenvalue weighted by atomic mass is 9.97. The summed E-state index contributed by atoms with van der Waals surface area (Å²) in [6, 6.07) is 0. The predicted molar refractivity (Wildman–Crippen MR) is 35.2 cm³/mol. The van der Waals surface area contributed by atoms with Gasteiger partial charge in [-0.15, -0.1) is 0 Å². The van der Waals surface area contributed by atoms with E-state index in [9.17, 15) is 13.2 Å². The molecule has 2 nitrogen and oxygen atoms in total. The molecule has 1 unspecified atom stereocenters. The molecule has 68 valence electrons. The van der Waals surface area contributed by atoms with Gasteiger partial charge in [0.05, 0.1) is 0 Å². The minimum absolute atomic E-state index is 1.28. The molecule has 0 bridgehead atoms. The topological polar surface area (TPSA) is 32.3 Å². The molecule has 0 amide bonds. The number of aliphatic hydroxyl groups is 1. The summed E-state index contributed by atoms with van der Waals surface area (Å²) in [5, 5.41) is 11.1. The van der Waals surface area contributed by atoms with Gasteiger partial charge in [0, 0.05) is 5.54 Å². The molecule has 0 aromatic rings. The first kappa shape index (κ1) is 10.7. The van der Waals surface area contributed by atoms with E-state index >= 15 is 0 Å². The van der Waals surface area contributed by atoms with Gasteiger partial charge in [-0.2, -0.15) is 13.2 Å². The molecule has 0 radical (unpaired) electrons. The highest BCUT2D eigenvalue weighted by Crippen LogP contribution is 2.27. The van der Waals surface area contributed by atoms with Crippen LogP contribution in [0.15, 0.2) is 0 Å². The van der Waals surface area contributed by atoms with E-state index in [0.717, 1.165) is 0 Å². The van der Waals surface area contributed by atoms with E-state index in [4.69, 9.17) is 5.11 Å². The Balaban J connectivity index is 4.35. The number of hydrogen-bond donors (Lipinski definition) is 2. The third-order valence-electron chi connectivity index (χ3n) is 1.64. The van der Waals surface area contributed by atoms with Crippen molar-refractivity contribution in [2.24, 2.45) is 0 Å². The zero-order valence-electron chi connectivity index (χ0n) is 6.66. The number of hydrogen-bond acceptors (Lipinski definition) is 2. The van der Waals surface area contributed by atoms with E-state index in [0.29, 0.717) is 0 Å². The normalized spacial score (nSPS) is 16.6. The zero-order valence-corrected chi connectivity index (χ0v) is 6.66. The lowest BCUT2D eigenvalue weighted by Crippen LogP contribution is -2.54. The lowest BCUT2D eigenvalue weighted by Gasteiger charge is -2.31. The Morgan fingerprint density at radius 2 is 1.64 bits per heavy atom. The fourth-order valence-electron chi connectivity index (χ4n) is 0.546. The Morgan fingerprint density at radius 3 is 1.73 bits per heavy atom. The Bertz CT molecular complexity index is 132. The quantitative estimate of drug-likeness (QED) is 0.647. The second-order valence-corrected chi connectivity index (χ2v) is 2.92. The van der Waals surface area contributed by atoms with Crippen LogP contribution in [0.2, 0.25) is 0 Å². The van der Waals surface area contributed by atoms with Gasteiger partial charge in [0.15, 0.2) is 6.10 Å². The van der Waals surface area contributed by atoms with Gasteiger partial charge in [-0.05, 0) is 20.9 Å². The molecule has 11 heavy (non-hydrogen) atoms. The molecule has 1 atom stereocenters. The van der Waals surface area contributed by atoms with Crippen molar-refractivity contribution in [1.82, 2.24) is 5.32 Å². The summed E-state index contributed by atoms with van der Waals surface area (Å²) in [5.41, 5.74) is -1.34. The molecule has 0 aromatic carbocycles. The van der Waals surface area contributed by atoms with Gasteiger partial charge in [0.25, 0.3) is 0 Å². The van der Waals surface area contributed by atoms with E-state index in [1.807, 2.05) is 0 Å². The van der Waals surface area contributed by atoms with Gasteiger partial charge < -0.3 is 10.4 Å². The first-order valence-corrected chi connectivity index (χ1v) is 3.15. The Labute approximate surface area is 63.4 Å². The number of likely N-dealkylation sites (N-methyl/N-ethyl adjacent to an activating group) is 1. The first-order chi connectivity index (χ1) is 4.72. The van der Waals surface area contributed by atoms with Crippen molar-refractivity contribution in [1.29, 1.82) is 0 Å². The second-order valence-electron chi connectivity index (χ2n) is 2.92. The van der Waals surface area contributed by atoms with Gasteiger partial charge in [0.1, 0.15) is 0 Å². The highest BCUT2D eigenvalue weighted by atomic mass is 19.4. The molecule has 0 rings (SSSR count). The summed E-state index contributed by atoms with van der Waals surface area (Å²) in [6.07, 6.45) is -6.90. The number of aliphatic hydroxyl groups excluding tert-OH is 1. The van der Waals surface area contributed by atoms with Gasteiger partial charge in [-0.1, -0.05) is 0 Å². The fraction of sp³-hybridized carbons (Fsp3) is 1.00. The van der Waals surface area contributed by atoms with Crippen LogP contribution in [0.5, 0.6) is 0 Å². The summed E-state index contributed by atoms with van der Waals surface area (Å²) in [6.45, 7) is 2.57.